The molecule has 0 aliphatic rings. The molecular weight excluding hydrogens is 216 g/mol. The Hall–Kier alpha value is -0.570. The molecule has 0 aliphatic carbocycles. The standard InChI is InChI=1S/C9H13BrN2/c1-2-12-8-9(7-11-12)5-3-4-6-10/h3,5,7-8H,2,4,6H2,1H3. The Bertz CT molecular complexity index is 253. The van der Waals surface area contributed by atoms with E-state index in [1.165, 1.54) is 5.56 Å². The van der Waals surface area contributed by atoms with E-state index in [4.69, 9.17) is 0 Å². The molecule has 1 aromatic rings. The van der Waals surface area contributed by atoms with Crippen molar-refractivity contribution in [2.24, 2.45) is 0 Å². The highest BCUT2D eigenvalue weighted by molar-refractivity contribution is 9.09. The van der Waals surface area contributed by atoms with Gasteiger partial charge in [0.1, 0.15) is 0 Å². The first-order chi connectivity index (χ1) is 5.86. The van der Waals surface area contributed by atoms with Crippen molar-refractivity contribution in [1.82, 2.24) is 9.78 Å². The number of allylic oxidation sites excluding steroid dienone is 1. The van der Waals surface area contributed by atoms with Crippen LogP contribution in [0.25, 0.3) is 6.08 Å². The highest BCUT2D eigenvalue weighted by Crippen LogP contribution is 2.01. The van der Waals surface area contributed by atoms with Crippen LogP contribution >= 0.6 is 15.9 Å². The van der Waals surface area contributed by atoms with Crippen LogP contribution in [0.4, 0.5) is 0 Å². The molecule has 2 nitrogen and oxygen atoms in total. The number of hydrogen-bond acceptors (Lipinski definition) is 1. The third-order valence-electron chi connectivity index (χ3n) is 1.56. The van der Waals surface area contributed by atoms with Gasteiger partial charge in [0, 0.05) is 23.6 Å². The largest absolute Gasteiger partial charge is 0.272 e. The van der Waals surface area contributed by atoms with Crippen LogP contribution in [0.1, 0.15) is 18.9 Å². The fraction of sp³-hybridized carbons (Fsp3) is 0.444. The summed E-state index contributed by atoms with van der Waals surface area (Å²) >= 11 is 3.37. The van der Waals surface area contributed by atoms with E-state index < -0.39 is 0 Å². The lowest BCUT2D eigenvalue weighted by Gasteiger charge is -1.89. The molecule has 0 spiro atoms. The fourth-order valence-corrected chi connectivity index (χ4v) is 1.19. The predicted molar refractivity (Wildman–Crippen MR) is 55.3 cm³/mol. The van der Waals surface area contributed by atoms with Crippen LogP contribution in [0.15, 0.2) is 18.5 Å². The Kier molecular flexibility index (Phi) is 4.08. The second-order valence-electron chi connectivity index (χ2n) is 2.51. The first-order valence-corrected chi connectivity index (χ1v) is 5.24. The maximum Gasteiger partial charge on any atom is 0.0562 e. The zero-order chi connectivity index (χ0) is 8.81. The molecule has 0 atom stereocenters. The second kappa shape index (κ2) is 5.14. The lowest BCUT2D eigenvalue weighted by Crippen LogP contribution is -1.91. The van der Waals surface area contributed by atoms with E-state index in [0.717, 1.165) is 18.3 Å². The van der Waals surface area contributed by atoms with Crippen LogP contribution in [0.5, 0.6) is 0 Å². The summed E-state index contributed by atoms with van der Waals surface area (Å²) in [7, 11) is 0. The molecule has 1 heterocycles. The number of nitrogens with zero attached hydrogens (tertiary/aromatic N) is 2. The van der Waals surface area contributed by atoms with Crippen molar-refractivity contribution in [3.8, 4) is 0 Å². The highest BCUT2D eigenvalue weighted by Gasteiger charge is 1.90. The first kappa shape index (κ1) is 9.52. The second-order valence-corrected chi connectivity index (χ2v) is 3.30. The molecule has 0 bridgehead atoms. The molecule has 0 radical (unpaired) electrons. The van der Waals surface area contributed by atoms with E-state index in [-0.39, 0.29) is 0 Å². The average Bonchev–Trinajstić information content (AvgIpc) is 2.53. The van der Waals surface area contributed by atoms with Gasteiger partial charge in [-0.1, -0.05) is 28.1 Å². The molecular formula is C9H13BrN2. The zero-order valence-electron chi connectivity index (χ0n) is 7.20. The van der Waals surface area contributed by atoms with Crippen LogP contribution in [0.3, 0.4) is 0 Å². The molecule has 0 aromatic carbocycles. The van der Waals surface area contributed by atoms with Gasteiger partial charge in [0.05, 0.1) is 6.20 Å². The summed E-state index contributed by atoms with van der Waals surface area (Å²) in [6.45, 7) is 3.02. The quantitative estimate of drug-likeness (QED) is 0.726. The minimum absolute atomic E-state index is 0.937. The van der Waals surface area contributed by atoms with Crippen molar-refractivity contribution in [3.05, 3.63) is 24.0 Å². The summed E-state index contributed by atoms with van der Waals surface area (Å²) < 4.78 is 1.92. The van der Waals surface area contributed by atoms with Gasteiger partial charge in [-0.15, -0.1) is 0 Å². The molecule has 0 aliphatic heterocycles. The van der Waals surface area contributed by atoms with E-state index >= 15 is 0 Å². The lowest BCUT2D eigenvalue weighted by atomic mass is 10.3. The van der Waals surface area contributed by atoms with Crippen LogP contribution in [-0.4, -0.2) is 15.1 Å². The van der Waals surface area contributed by atoms with E-state index in [0.29, 0.717) is 0 Å². The lowest BCUT2D eigenvalue weighted by molar-refractivity contribution is 0.660. The summed E-state index contributed by atoms with van der Waals surface area (Å²) in [6, 6.07) is 0. The van der Waals surface area contributed by atoms with Crippen molar-refractivity contribution in [2.45, 2.75) is 19.9 Å². The molecule has 0 fully saturated rings. The number of rotatable bonds is 4. The van der Waals surface area contributed by atoms with Gasteiger partial charge >= 0.3 is 0 Å². The normalized spacial score (nSPS) is 11.2. The van der Waals surface area contributed by atoms with Gasteiger partial charge in [-0.25, -0.2) is 0 Å². The van der Waals surface area contributed by atoms with Crippen molar-refractivity contribution >= 4 is 22.0 Å². The minimum Gasteiger partial charge on any atom is -0.272 e. The van der Waals surface area contributed by atoms with Crippen LogP contribution < -0.4 is 0 Å². The average molecular weight is 229 g/mol. The van der Waals surface area contributed by atoms with E-state index in [1.807, 2.05) is 17.1 Å². The smallest absolute Gasteiger partial charge is 0.0562 e. The molecule has 1 rings (SSSR count). The maximum absolute atomic E-state index is 4.17. The molecule has 0 saturated carbocycles. The van der Waals surface area contributed by atoms with Crippen LogP contribution in [-0.2, 0) is 6.54 Å². The predicted octanol–water partition coefficient (Wildman–Crippen LogP) is 2.70. The van der Waals surface area contributed by atoms with Gasteiger partial charge in [0.2, 0.25) is 0 Å². The summed E-state index contributed by atoms with van der Waals surface area (Å²) in [4.78, 5) is 0. The van der Waals surface area contributed by atoms with Gasteiger partial charge in [0.15, 0.2) is 0 Å². The molecule has 0 amide bonds. The summed E-state index contributed by atoms with van der Waals surface area (Å²) in [5.41, 5.74) is 1.18. The van der Waals surface area contributed by atoms with E-state index in [2.05, 4.69) is 40.1 Å². The molecule has 3 heteroatoms. The number of halogens is 1. The van der Waals surface area contributed by atoms with Crippen molar-refractivity contribution in [1.29, 1.82) is 0 Å². The molecule has 66 valence electrons. The SMILES string of the molecule is CCn1cc(C=CCCBr)cn1. The van der Waals surface area contributed by atoms with Gasteiger partial charge < -0.3 is 0 Å². The minimum atomic E-state index is 0.937. The highest BCUT2D eigenvalue weighted by atomic mass is 79.9. The topological polar surface area (TPSA) is 17.8 Å². The maximum atomic E-state index is 4.17. The van der Waals surface area contributed by atoms with Crippen LogP contribution in [0.2, 0.25) is 0 Å². The van der Waals surface area contributed by atoms with Gasteiger partial charge in [-0.3, -0.25) is 4.68 Å². The van der Waals surface area contributed by atoms with Crippen molar-refractivity contribution < 1.29 is 0 Å². The summed E-state index contributed by atoms with van der Waals surface area (Å²) in [6.07, 6.45) is 9.24. The zero-order valence-corrected chi connectivity index (χ0v) is 8.79. The molecule has 0 N–H and O–H groups in total. The Morgan fingerprint density at radius 1 is 1.67 bits per heavy atom. The number of hydrogen-bond donors (Lipinski definition) is 0. The molecule has 12 heavy (non-hydrogen) atoms. The van der Waals surface area contributed by atoms with E-state index in [9.17, 15) is 0 Å². The number of aryl methyl sites for hydroxylation is 1. The number of aromatic nitrogens is 2. The van der Waals surface area contributed by atoms with Crippen molar-refractivity contribution in [3.63, 3.8) is 0 Å². The molecule has 0 unspecified atom stereocenters. The number of alkyl halides is 1. The van der Waals surface area contributed by atoms with Gasteiger partial charge in [-0.05, 0) is 13.3 Å². The Balaban J connectivity index is 2.51. The third kappa shape index (κ3) is 2.81. The first-order valence-electron chi connectivity index (χ1n) is 4.11. The molecule has 1 aromatic heterocycles. The van der Waals surface area contributed by atoms with Crippen molar-refractivity contribution in [2.75, 3.05) is 5.33 Å². The van der Waals surface area contributed by atoms with Crippen LogP contribution in [0, 0.1) is 0 Å². The van der Waals surface area contributed by atoms with Gasteiger partial charge in [0.25, 0.3) is 0 Å². The summed E-state index contributed by atoms with van der Waals surface area (Å²) in [5.74, 6) is 0. The van der Waals surface area contributed by atoms with Gasteiger partial charge in [-0.2, -0.15) is 5.10 Å². The fourth-order valence-electron chi connectivity index (χ4n) is 0.921. The third-order valence-corrected chi connectivity index (χ3v) is 2.02. The Labute approximate surface area is 81.4 Å². The monoisotopic (exact) mass is 228 g/mol. The Morgan fingerprint density at radius 3 is 3.08 bits per heavy atom. The molecule has 0 saturated heterocycles. The summed E-state index contributed by atoms with van der Waals surface area (Å²) in [5, 5.41) is 5.19. The Morgan fingerprint density at radius 2 is 2.50 bits per heavy atom. The van der Waals surface area contributed by atoms with E-state index in [1.54, 1.807) is 0 Å².